The van der Waals surface area contributed by atoms with Gasteiger partial charge in [-0.05, 0) is 89.0 Å². The summed E-state index contributed by atoms with van der Waals surface area (Å²) in [5, 5.41) is 0. The van der Waals surface area contributed by atoms with Crippen molar-refractivity contribution >= 4 is 11.6 Å². The van der Waals surface area contributed by atoms with Gasteiger partial charge in [-0.1, -0.05) is 135 Å². The van der Waals surface area contributed by atoms with Crippen molar-refractivity contribution in [3.8, 4) is 0 Å². The van der Waals surface area contributed by atoms with Crippen LogP contribution < -0.4 is 0 Å². The van der Waals surface area contributed by atoms with E-state index in [4.69, 9.17) is 0 Å². The van der Waals surface area contributed by atoms with Gasteiger partial charge in [-0.3, -0.25) is 9.59 Å². The molecule has 224 valence electrons. The zero-order valence-corrected chi connectivity index (χ0v) is 27.7. The topological polar surface area (TPSA) is 34.1 Å². The molecule has 42 heavy (non-hydrogen) atoms. The summed E-state index contributed by atoms with van der Waals surface area (Å²) >= 11 is 0. The summed E-state index contributed by atoms with van der Waals surface area (Å²) in [5.74, 6) is 0.414. The zero-order chi connectivity index (χ0) is 31.5. The van der Waals surface area contributed by atoms with Crippen LogP contribution in [0.1, 0.15) is 94.9 Å². The van der Waals surface area contributed by atoms with Gasteiger partial charge in [-0.25, -0.2) is 0 Å². The largest absolute Gasteiger partial charge is 0.295 e. The molecule has 0 bridgehead atoms. The molecule has 0 unspecified atom stereocenters. The Morgan fingerprint density at radius 2 is 1.31 bits per heavy atom. The molecule has 2 heteroatoms. The average molecular weight is 565 g/mol. The van der Waals surface area contributed by atoms with E-state index >= 15 is 0 Å². The first-order valence-corrected chi connectivity index (χ1v) is 15.2. The van der Waals surface area contributed by atoms with Gasteiger partial charge in [0, 0.05) is 11.8 Å². The maximum absolute atomic E-state index is 12.2. The molecule has 0 aromatic heterocycles. The quantitative estimate of drug-likeness (QED) is 0.234. The number of ketones is 2. The van der Waals surface area contributed by atoms with Crippen LogP contribution in [-0.4, -0.2) is 11.6 Å². The van der Waals surface area contributed by atoms with Gasteiger partial charge in [-0.15, -0.1) is 0 Å². The molecule has 0 amide bonds. The van der Waals surface area contributed by atoms with Gasteiger partial charge in [0.15, 0.2) is 11.6 Å². The van der Waals surface area contributed by atoms with Crippen molar-refractivity contribution in [3.05, 3.63) is 130 Å². The predicted octanol–water partition coefficient (Wildman–Crippen LogP) is 11.0. The molecule has 0 heterocycles. The summed E-state index contributed by atoms with van der Waals surface area (Å²) in [7, 11) is 0. The number of rotatable bonds is 11. The van der Waals surface area contributed by atoms with E-state index in [-0.39, 0.29) is 22.4 Å². The summed E-state index contributed by atoms with van der Waals surface area (Å²) in [6.07, 6.45) is 32.4. The summed E-state index contributed by atoms with van der Waals surface area (Å²) < 4.78 is 0. The Balaban J connectivity index is 1.88. The minimum Gasteiger partial charge on any atom is -0.295 e. The second kappa shape index (κ2) is 15.6. The van der Waals surface area contributed by atoms with E-state index in [0.717, 1.165) is 41.6 Å². The van der Waals surface area contributed by atoms with E-state index in [0.29, 0.717) is 6.42 Å². The molecule has 0 spiro atoms. The van der Waals surface area contributed by atoms with Crippen LogP contribution in [0.3, 0.4) is 0 Å². The molecule has 0 N–H and O–H groups in total. The van der Waals surface area contributed by atoms with Gasteiger partial charge in [0.2, 0.25) is 0 Å². The Morgan fingerprint density at radius 3 is 1.93 bits per heavy atom. The number of carbonyl (C=O) groups is 2. The maximum Gasteiger partial charge on any atom is 0.181 e. The van der Waals surface area contributed by atoms with E-state index in [1.807, 2.05) is 19.9 Å². The van der Waals surface area contributed by atoms with Crippen LogP contribution in [-0.2, 0) is 9.59 Å². The molecule has 0 atom stereocenters. The van der Waals surface area contributed by atoms with Crippen molar-refractivity contribution in [2.45, 2.75) is 94.9 Å². The highest BCUT2D eigenvalue weighted by Gasteiger charge is 2.30. The predicted molar refractivity (Wildman–Crippen MR) is 182 cm³/mol. The normalized spacial score (nSPS) is 21.0. The first-order chi connectivity index (χ1) is 19.6. The summed E-state index contributed by atoms with van der Waals surface area (Å²) in [6.45, 7) is 21.1. The fourth-order valence-corrected chi connectivity index (χ4v) is 5.33. The Hall–Kier alpha value is -3.52. The van der Waals surface area contributed by atoms with Crippen LogP contribution in [0.25, 0.3) is 0 Å². The first-order valence-electron chi connectivity index (χ1n) is 15.2. The Kier molecular flexibility index (Phi) is 12.9. The molecule has 2 rings (SSSR count). The molecule has 2 aliphatic carbocycles. The Morgan fingerprint density at radius 1 is 0.762 bits per heavy atom. The van der Waals surface area contributed by atoms with Gasteiger partial charge in [0.25, 0.3) is 0 Å². The highest BCUT2D eigenvalue weighted by atomic mass is 16.1. The van der Waals surface area contributed by atoms with Crippen molar-refractivity contribution in [1.29, 1.82) is 0 Å². The average Bonchev–Trinajstić information content (AvgIpc) is 2.91. The van der Waals surface area contributed by atoms with Crippen LogP contribution in [0.2, 0.25) is 0 Å². The lowest BCUT2D eigenvalue weighted by Crippen LogP contribution is -2.24. The standard InChI is InChI=1S/C40H52O2/c1-29(17-13-19-31(3)21-23-35-33(5)37(41)25-27-39(35,7)8)15-11-12-16-30(2)18-14-20-32(4)22-24-36-34(6)38(42)26-28-40(36,9)10/h11-21,23,26,28H,22,24-25,27H2,1-10H3/b12-11+,17-13+,18-14+,23-21+,29-15+,30-16-,31-19-,32-20+. The van der Waals surface area contributed by atoms with Crippen LogP contribution in [0.15, 0.2) is 130 Å². The van der Waals surface area contributed by atoms with Gasteiger partial charge < -0.3 is 0 Å². The first kappa shape index (κ1) is 34.7. The molecule has 0 aromatic rings. The minimum atomic E-state index is -0.0533. The third-order valence-corrected chi connectivity index (χ3v) is 8.35. The number of carbonyl (C=O) groups excluding carboxylic acids is 2. The molecule has 0 aliphatic heterocycles. The van der Waals surface area contributed by atoms with Gasteiger partial charge >= 0.3 is 0 Å². The van der Waals surface area contributed by atoms with Crippen molar-refractivity contribution in [2.75, 3.05) is 0 Å². The summed E-state index contributed by atoms with van der Waals surface area (Å²) in [4.78, 5) is 24.2. The number of Topliss-reactive ketones (excluding diaryl/α,β-unsaturated/α-hetero) is 1. The van der Waals surface area contributed by atoms with E-state index in [1.54, 1.807) is 6.08 Å². The molecule has 2 nitrogen and oxygen atoms in total. The highest BCUT2D eigenvalue weighted by Crippen LogP contribution is 2.40. The van der Waals surface area contributed by atoms with Gasteiger partial charge in [0.05, 0.1) is 0 Å². The lowest BCUT2D eigenvalue weighted by Gasteiger charge is -2.32. The smallest absolute Gasteiger partial charge is 0.181 e. The van der Waals surface area contributed by atoms with E-state index in [2.05, 4.69) is 128 Å². The second-order valence-electron chi connectivity index (χ2n) is 13.1. The summed E-state index contributed by atoms with van der Waals surface area (Å²) in [5.41, 5.74) is 9.00. The zero-order valence-electron chi connectivity index (χ0n) is 27.7. The Bertz CT molecular complexity index is 1380. The van der Waals surface area contributed by atoms with Crippen molar-refractivity contribution in [2.24, 2.45) is 10.8 Å². The fraction of sp³-hybridized carbons (Fsp3) is 0.400. The molecule has 0 fully saturated rings. The van der Waals surface area contributed by atoms with Crippen molar-refractivity contribution < 1.29 is 9.59 Å². The lowest BCUT2D eigenvalue weighted by molar-refractivity contribution is -0.116. The van der Waals surface area contributed by atoms with Crippen LogP contribution >= 0.6 is 0 Å². The highest BCUT2D eigenvalue weighted by molar-refractivity contribution is 6.05. The molecule has 0 saturated carbocycles. The second-order valence-corrected chi connectivity index (χ2v) is 13.1. The van der Waals surface area contributed by atoms with Gasteiger partial charge in [0.1, 0.15) is 0 Å². The lowest BCUT2D eigenvalue weighted by atomic mass is 9.72. The number of hydrogen-bond donors (Lipinski definition) is 0. The van der Waals surface area contributed by atoms with Crippen LogP contribution in [0.5, 0.6) is 0 Å². The van der Waals surface area contributed by atoms with E-state index in [1.165, 1.54) is 22.3 Å². The van der Waals surface area contributed by atoms with E-state index in [9.17, 15) is 9.59 Å². The van der Waals surface area contributed by atoms with Crippen molar-refractivity contribution in [1.82, 2.24) is 0 Å². The molecule has 2 aliphatic rings. The van der Waals surface area contributed by atoms with Crippen LogP contribution in [0, 0.1) is 10.8 Å². The molecule has 0 aromatic carbocycles. The third kappa shape index (κ3) is 10.7. The Labute approximate surface area is 256 Å². The van der Waals surface area contributed by atoms with Gasteiger partial charge in [-0.2, -0.15) is 0 Å². The fourth-order valence-electron chi connectivity index (χ4n) is 5.33. The molecular weight excluding hydrogens is 512 g/mol. The van der Waals surface area contributed by atoms with Crippen LogP contribution in [0.4, 0.5) is 0 Å². The number of allylic oxidation sites excluding steroid dienone is 22. The summed E-state index contributed by atoms with van der Waals surface area (Å²) in [6, 6.07) is 0. The molecular formula is C40H52O2. The maximum atomic E-state index is 12.2. The van der Waals surface area contributed by atoms with Crippen molar-refractivity contribution in [3.63, 3.8) is 0 Å². The van der Waals surface area contributed by atoms with E-state index < -0.39 is 0 Å². The minimum absolute atomic E-state index is 0.0412. The monoisotopic (exact) mass is 564 g/mol. The molecule has 0 saturated heterocycles. The SMILES string of the molecule is CC1=C(CC/C(C)=C/C=C/C(C)=C\C=C\C=C(C)\C=C\C=C(C)/C=C/C2=C(C)C(=O)CCC2(C)C)C(C)(C)C=CC1=O. The molecule has 0 radical (unpaired) electrons. The third-order valence-electron chi connectivity index (χ3n) is 8.35. The number of hydrogen-bond acceptors (Lipinski definition) is 2.